The molecule has 1 amide bonds. The molecule has 0 spiro atoms. The average Bonchev–Trinajstić information content (AvgIpc) is 2.44. The molecule has 1 aromatic carbocycles. The number of amides is 1. The number of hydrogen-bond donors (Lipinski definition) is 2. The molecule has 0 aliphatic heterocycles. The van der Waals surface area contributed by atoms with Crippen LogP contribution in [0.2, 0.25) is 10.0 Å². The predicted octanol–water partition coefficient (Wildman–Crippen LogP) is 2.99. The van der Waals surface area contributed by atoms with Gasteiger partial charge >= 0.3 is 5.97 Å². The van der Waals surface area contributed by atoms with Gasteiger partial charge in [-0.05, 0) is 25.0 Å². The lowest BCUT2D eigenvalue weighted by Crippen LogP contribution is -2.30. The van der Waals surface area contributed by atoms with E-state index in [4.69, 9.17) is 33.0 Å². The zero-order valence-electron chi connectivity index (χ0n) is 11.6. The van der Waals surface area contributed by atoms with Crippen LogP contribution in [0.1, 0.15) is 19.8 Å². The molecule has 1 aromatic rings. The Morgan fingerprint density at radius 2 is 2.10 bits per heavy atom. The Bertz CT molecular complexity index is 508. The van der Waals surface area contributed by atoms with Crippen molar-refractivity contribution < 1.29 is 19.4 Å². The number of aliphatic carboxylic acids is 1. The van der Waals surface area contributed by atoms with E-state index in [1.54, 1.807) is 19.1 Å². The fourth-order valence-corrected chi connectivity index (χ4v) is 1.88. The summed E-state index contributed by atoms with van der Waals surface area (Å²) in [6.45, 7) is 1.87. The van der Waals surface area contributed by atoms with Crippen molar-refractivity contribution in [1.29, 1.82) is 0 Å². The van der Waals surface area contributed by atoms with Gasteiger partial charge in [-0.2, -0.15) is 0 Å². The maximum atomic E-state index is 11.6. The van der Waals surface area contributed by atoms with E-state index in [0.717, 1.165) is 0 Å². The van der Waals surface area contributed by atoms with Gasteiger partial charge in [-0.15, -0.1) is 0 Å². The standard InChI is InChI=1S/C14H17Cl2NO4/c1-9(14(19)20)3-2-6-17-13(18)8-21-12-7-10(15)4-5-11(12)16/h4-5,7,9H,2-3,6,8H2,1H3,(H,17,18)(H,19,20). The van der Waals surface area contributed by atoms with Crippen LogP contribution in [0, 0.1) is 5.92 Å². The fourth-order valence-electron chi connectivity index (χ4n) is 1.54. The number of carbonyl (C=O) groups is 2. The maximum absolute atomic E-state index is 11.6. The van der Waals surface area contributed by atoms with Gasteiger partial charge in [0.2, 0.25) is 0 Å². The van der Waals surface area contributed by atoms with Gasteiger partial charge in [-0.3, -0.25) is 9.59 Å². The second-order valence-corrected chi connectivity index (χ2v) is 5.44. The Morgan fingerprint density at radius 1 is 1.38 bits per heavy atom. The molecule has 116 valence electrons. The molecule has 5 nitrogen and oxygen atoms in total. The Balaban J connectivity index is 2.25. The van der Waals surface area contributed by atoms with Crippen LogP contribution in [0.25, 0.3) is 0 Å². The van der Waals surface area contributed by atoms with E-state index in [2.05, 4.69) is 5.32 Å². The molecule has 1 rings (SSSR count). The first kappa shape index (κ1) is 17.6. The van der Waals surface area contributed by atoms with Crippen molar-refractivity contribution in [2.24, 2.45) is 5.92 Å². The molecule has 0 aliphatic carbocycles. The number of carboxylic acid groups (broad SMARTS) is 1. The summed E-state index contributed by atoms with van der Waals surface area (Å²) in [6, 6.07) is 4.75. The molecular formula is C14H17Cl2NO4. The number of hydrogen-bond acceptors (Lipinski definition) is 3. The summed E-state index contributed by atoms with van der Waals surface area (Å²) in [4.78, 5) is 22.2. The van der Waals surface area contributed by atoms with E-state index in [0.29, 0.717) is 35.2 Å². The molecular weight excluding hydrogens is 317 g/mol. The molecule has 0 aromatic heterocycles. The van der Waals surface area contributed by atoms with Gasteiger partial charge in [0.15, 0.2) is 6.61 Å². The quantitative estimate of drug-likeness (QED) is 0.717. The van der Waals surface area contributed by atoms with Crippen molar-refractivity contribution in [3.63, 3.8) is 0 Å². The second-order valence-electron chi connectivity index (χ2n) is 4.59. The molecule has 21 heavy (non-hydrogen) atoms. The lowest BCUT2D eigenvalue weighted by molar-refractivity contribution is -0.141. The molecule has 0 fully saturated rings. The molecule has 0 saturated heterocycles. The second kappa shape index (κ2) is 8.74. The van der Waals surface area contributed by atoms with Crippen molar-refractivity contribution in [3.8, 4) is 5.75 Å². The molecule has 0 aliphatic rings. The van der Waals surface area contributed by atoms with E-state index in [-0.39, 0.29) is 12.5 Å². The van der Waals surface area contributed by atoms with Gasteiger partial charge in [-0.25, -0.2) is 0 Å². The van der Waals surface area contributed by atoms with E-state index in [1.165, 1.54) is 6.07 Å². The Labute approximate surface area is 133 Å². The number of carbonyl (C=O) groups excluding carboxylic acids is 1. The van der Waals surface area contributed by atoms with E-state index < -0.39 is 11.9 Å². The maximum Gasteiger partial charge on any atom is 0.306 e. The lowest BCUT2D eigenvalue weighted by Gasteiger charge is -2.10. The third-order valence-electron chi connectivity index (χ3n) is 2.81. The molecule has 0 radical (unpaired) electrons. The van der Waals surface area contributed by atoms with Crippen LogP contribution in [0.4, 0.5) is 0 Å². The molecule has 7 heteroatoms. The van der Waals surface area contributed by atoms with Crippen LogP contribution in [-0.4, -0.2) is 30.1 Å². The van der Waals surface area contributed by atoms with Gasteiger partial charge in [0.1, 0.15) is 5.75 Å². The average molecular weight is 334 g/mol. The van der Waals surface area contributed by atoms with E-state index >= 15 is 0 Å². The van der Waals surface area contributed by atoms with Gasteiger partial charge in [-0.1, -0.05) is 30.1 Å². The zero-order valence-corrected chi connectivity index (χ0v) is 13.1. The molecule has 0 heterocycles. The largest absolute Gasteiger partial charge is 0.482 e. The van der Waals surface area contributed by atoms with E-state index in [1.807, 2.05) is 0 Å². The minimum absolute atomic E-state index is 0.172. The summed E-state index contributed by atoms with van der Waals surface area (Å²) in [6.07, 6.45) is 1.10. The third-order valence-corrected chi connectivity index (χ3v) is 3.36. The predicted molar refractivity (Wildman–Crippen MR) is 81.0 cm³/mol. The highest BCUT2D eigenvalue weighted by Gasteiger charge is 2.10. The van der Waals surface area contributed by atoms with E-state index in [9.17, 15) is 9.59 Å². The molecule has 0 bridgehead atoms. The topological polar surface area (TPSA) is 75.6 Å². The number of ether oxygens (including phenoxy) is 1. The van der Waals surface area contributed by atoms with Gasteiger partial charge in [0.25, 0.3) is 5.91 Å². The van der Waals surface area contributed by atoms with Crippen LogP contribution in [0.3, 0.4) is 0 Å². The van der Waals surface area contributed by atoms with Gasteiger partial charge < -0.3 is 15.2 Å². The van der Waals surface area contributed by atoms with Gasteiger partial charge in [0, 0.05) is 17.6 Å². The Hall–Kier alpha value is -1.46. The van der Waals surface area contributed by atoms with Crippen molar-refractivity contribution in [1.82, 2.24) is 5.32 Å². The zero-order chi connectivity index (χ0) is 15.8. The van der Waals surface area contributed by atoms with Crippen LogP contribution in [-0.2, 0) is 9.59 Å². The summed E-state index contributed by atoms with van der Waals surface area (Å²) in [7, 11) is 0. The number of halogens is 2. The smallest absolute Gasteiger partial charge is 0.306 e. The first-order valence-corrected chi connectivity index (χ1v) is 7.23. The summed E-state index contributed by atoms with van der Waals surface area (Å²) < 4.78 is 5.27. The Morgan fingerprint density at radius 3 is 2.76 bits per heavy atom. The van der Waals surface area contributed by atoms with Crippen LogP contribution >= 0.6 is 23.2 Å². The van der Waals surface area contributed by atoms with Gasteiger partial charge in [0.05, 0.1) is 10.9 Å². The summed E-state index contributed by atoms with van der Waals surface area (Å²) in [5.74, 6) is -1.20. The summed E-state index contributed by atoms with van der Waals surface area (Å²) >= 11 is 11.7. The normalized spacial score (nSPS) is 11.8. The van der Waals surface area contributed by atoms with Crippen molar-refractivity contribution in [2.75, 3.05) is 13.2 Å². The third kappa shape index (κ3) is 6.69. The van der Waals surface area contributed by atoms with Crippen molar-refractivity contribution in [2.45, 2.75) is 19.8 Å². The van der Waals surface area contributed by atoms with Crippen molar-refractivity contribution >= 4 is 35.1 Å². The number of benzene rings is 1. The summed E-state index contributed by atoms with van der Waals surface area (Å²) in [5, 5.41) is 12.2. The first-order chi connectivity index (χ1) is 9.90. The number of rotatable bonds is 8. The minimum Gasteiger partial charge on any atom is -0.482 e. The van der Waals surface area contributed by atoms with Crippen LogP contribution in [0.15, 0.2) is 18.2 Å². The Kier molecular flexibility index (Phi) is 7.32. The summed E-state index contributed by atoms with van der Waals surface area (Å²) in [5.41, 5.74) is 0. The molecule has 0 saturated carbocycles. The minimum atomic E-state index is -0.833. The highest BCUT2D eigenvalue weighted by molar-refractivity contribution is 6.34. The van der Waals surface area contributed by atoms with Crippen LogP contribution in [0.5, 0.6) is 5.75 Å². The first-order valence-electron chi connectivity index (χ1n) is 6.47. The monoisotopic (exact) mass is 333 g/mol. The van der Waals surface area contributed by atoms with Crippen molar-refractivity contribution in [3.05, 3.63) is 28.2 Å². The molecule has 2 N–H and O–H groups in total. The SMILES string of the molecule is CC(CCCNC(=O)COc1cc(Cl)ccc1Cl)C(=O)O. The lowest BCUT2D eigenvalue weighted by atomic mass is 10.1. The number of nitrogens with one attached hydrogen (secondary N) is 1. The highest BCUT2D eigenvalue weighted by atomic mass is 35.5. The highest BCUT2D eigenvalue weighted by Crippen LogP contribution is 2.27. The molecule has 1 atom stereocenters. The number of carboxylic acids is 1. The molecule has 1 unspecified atom stereocenters. The fraction of sp³-hybridized carbons (Fsp3) is 0.429. The van der Waals surface area contributed by atoms with Crippen LogP contribution < -0.4 is 10.1 Å².